The zero-order valence-electron chi connectivity index (χ0n) is 14.7. The summed E-state index contributed by atoms with van der Waals surface area (Å²) >= 11 is 4.21. The van der Waals surface area contributed by atoms with Crippen LogP contribution in [0.4, 0.5) is 0 Å². The monoisotopic (exact) mass is 352 g/mol. The fourth-order valence-corrected chi connectivity index (χ4v) is 5.27. The number of nitrogens with one attached hydrogen (secondary N) is 2. The third-order valence-electron chi connectivity index (χ3n) is 6.33. The second kappa shape index (κ2) is 8.11. The Bertz CT molecular complexity index is 436. The van der Waals surface area contributed by atoms with Crippen LogP contribution in [-0.2, 0) is 9.59 Å². The molecule has 5 heteroatoms. The van der Waals surface area contributed by atoms with Crippen LogP contribution in [0.3, 0.4) is 0 Å². The van der Waals surface area contributed by atoms with Gasteiger partial charge in [0.1, 0.15) is 11.6 Å². The second-order valence-electron chi connectivity index (χ2n) is 8.20. The number of hydrogen-bond donors (Lipinski definition) is 3. The molecule has 0 radical (unpaired) electrons. The predicted octanol–water partition coefficient (Wildman–Crippen LogP) is 3.21. The summed E-state index contributed by atoms with van der Waals surface area (Å²) < 4.78 is 0. The second-order valence-corrected chi connectivity index (χ2v) is 8.56. The van der Waals surface area contributed by atoms with Crippen molar-refractivity contribution in [3.05, 3.63) is 0 Å². The predicted molar refractivity (Wildman–Crippen MR) is 99.0 cm³/mol. The smallest absolute Gasteiger partial charge is 0.246 e. The summed E-state index contributed by atoms with van der Waals surface area (Å²) in [6, 6.07) is -0.480. The van der Waals surface area contributed by atoms with Crippen LogP contribution in [0.25, 0.3) is 0 Å². The molecule has 3 rings (SSSR count). The summed E-state index contributed by atoms with van der Waals surface area (Å²) in [5.41, 5.74) is -0.680. The summed E-state index contributed by atoms with van der Waals surface area (Å²) in [4.78, 5) is 25.5. The maximum absolute atomic E-state index is 13.0. The fourth-order valence-electron chi connectivity index (χ4n) is 5.01. The van der Waals surface area contributed by atoms with Crippen LogP contribution >= 0.6 is 12.6 Å². The van der Waals surface area contributed by atoms with Crippen LogP contribution in [0.2, 0.25) is 0 Å². The lowest BCUT2D eigenvalue weighted by molar-refractivity contribution is -0.143. The molecule has 0 aromatic rings. The van der Waals surface area contributed by atoms with Gasteiger partial charge in [-0.3, -0.25) is 9.59 Å². The Kier molecular flexibility index (Phi) is 6.12. The lowest BCUT2D eigenvalue weighted by atomic mass is 9.71. The third kappa shape index (κ3) is 4.09. The summed E-state index contributed by atoms with van der Waals surface area (Å²) in [7, 11) is 0. The average Bonchev–Trinajstić information content (AvgIpc) is 2.60. The molecule has 2 N–H and O–H groups in total. The van der Waals surface area contributed by atoms with Crippen molar-refractivity contribution in [1.29, 1.82) is 0 Å². The first-order chi connectivity index (χ1) is 11.6. The van der Waals surface area contributed by atoms with Crippen LogP contribution in [0, 0.1) is 11.8 Å². The number of hydrogen-bond acceptors (Lipinski definition) is 3. The molecule has 2 amide bonds. The summed E-state index contributed by atoms with van der Waals surface area (Å²) in [6.45, 7) is 0. The first-order valence-corrected chi connectivity index (χ1v) is 10.5. The van der Waals surface area contributed by atoms with Gasteiger partial charge in [0.15, 0.2) is 0 Å². The van der Waals surface area contributed by atoms with E-state index in [-0.39, 0.29) is 11.8 Å². The van der Waals surface area contributed by atoms with E-state index in [0.717, 1.165) is 12.8 Å². The topological polar surface area (TPSA) is 58.2 Å². The van der Waals surface area contributed by atoms with Gasteiger partial charge in [-0.05, 0) is 24.7 Å². The zero-order valence-corrected chi connectivity index (χ0v) is 15.6. The lowest BCUT2D eigenvalue weighted by Gasteiger charge is -2.44. The highest BCUT2D eigenvalue weighted by atomic mass is 32.1. The van der Waals surface area contributed by atoms with Crippen molar-refractivity contribution in [2.24, 2.45) is 11.8 Å². The van der Waals surface area contributed by atoms with E-state index in [4.69, 9.17) is 0 Å². The van der Waals surface area contributed by atoms with E-state index < -0.39 is 11.6 Å². The molecular formula is C19H32N2O2S. The first kappa shape index (κ1) is 18.1. The van der Waals surface area contributed by atoms with Crippen LogP contribution in [0.1, 0.15) is 77.0 Å². The molecule has 0 aromatic carbocycles. The molecular weight excluding hydrogens is 320 g/mol. The van der Waals surface area contributed by atoms with E-state index in [1.807, 2.05) is 0 Å². The van der Waals surface area contributed by atoms with Crippen LogP contribution in [0.5, 0.6) is 0 Å². The largest absolute Gasteiger partial charge is 0.341 e. The highest BCUT2D eigenvalue weighted by Gasteiger charge is 2.48. The molecule has 0 bridgehead atoms. The standard InChI is InChI=1S/C19H32N2O2S/c22-17-16(13-24)20-18(23)19(21-17,11-14-7-3-1-4-8-14)12-15-9-5-2-6-10-15/h14-16,24H,1-13H2,(H,20,23)(H,21,22). The van der Waals surface area contributed by atoms with Gasteiger partial charge in [-0.25, -0.2) is 0 Å². The van der Waals surface area contributed by atoms with Gasteiger partial charge in [0.25, 0.3) is 0 Å². The van der Waals surface area contributed by atoms with E-state index in [1.165, 1.54) is 64.2 Å². The molecule has 1 aliphatic heterocycles. The van der Waals surface area contributed by atoms with Crippen molar-refractivity contribution in [3.63, 3.8) is 0 Å². The van der Waals surface area contributed by atoms with Crippen LogP contribution in [-0.4, -0.2) is 29.1 Å². The quantitative estimate of drug-likeness (QED) is 0.666. The van der Waals surface area contributed by atoms with Crippen molar-refractivity contribution in [2.45, 2.75) is 88.6 Å². The number of carbonyl (C=O) groups is 2. The van der Waals surface area contributed by atoms with Gasteiger partial charge < -0.3 is 10.6 Å². The molecule has 24 heavy (non-hydrogen) atoms. The van der Waals surface area contributed by atoms with Crippen molar-refractivity contribution in [2.75, 3.05) is 5.75 Å². The molecule has 1 unspecified atom stereocenters. The van der Waals surface area contributed by atoms with Gasteiger partial charge in [-0.2, -0.15) is 12.6 Å². The zero-order chi connectivity index (χ0) is 17.0. The molecule has 136 valence electrons. The van der Waals surface area contributed by atoms with Crippen molar-refractivity contribution in [3.8, 4) is 0 Å². The minimum absolute atomic E-state index is 0.0392. The van der Waals surface area contributed by atoms with Crippen LogP contribution in [0.15, 0.2) is 0 Å². The van der Waals surface area contributed by atoms with Gasteiger partial charge in [-0.15, -0.1) is 0 Å². The fraction of sp³-hybridized carbons (Fsp3) is 0.895. The van der Waals surface area contributed by atoms with Crippen molar-refractivity contribution >= 4 is 24.4 Å². The van der Waals surface area contributed by atoms with Gasteiger partial charge in [-0.1, -0.05) is 64.2 Å². The number of thiol groups is 1. The molecule has 0 aromatic heterocycles. The number of piperazine rings is 1. The van der Waals surface area contributed by atoms with Gasteiger partial charge >= 0.3 is 0 Å². The highest BCUT2D eigenvalue weighted by molar-refractivity contribution is 7.80. The van der Waals surface area contributed by atoms with E-state index in [1.54, 1.807) is 0 Å². The Labute approximate surface area is 151 Å². The maximum atomic E-state index is 13.0. The minimum atomic E-state index is -0.680. The molecule has 2 saturated carbocycles. The van der Waals surface area contributed by atoms with Crippen molar-refractivity contribution < 1.29 is 9.59 Å². The Morgan fingerprint density at radius 2 is 1.38 bits per heavy atom. The molecule has 1 saturated heterocycles. The third-order valence-corrected chi connectivity index (χ3v) is 6.69. The van der Waals surface area contributed by atoms with Crippen LogP contribution < -0.4 is 10.6 Å². The SMILES string of the molecule is O=C1NC(CC2CCCCC2)(CC2CCCCC2)C(=O)NC1CS. The molecule has 1 atom stereocenters. The lowest BCUT2D eigenvalue weighted by Crippen LogP contribution is -2.70. The molecule has 3 aliphatic rings. The van der Waals surface area contributed by atoms with Gasteiger partial charge in [0, 0.05) is 5.75 Å². The summed E-state index contributed by atoms with van der Waals surface area (Å²) in [6.07, 6.45) is 14.1. The average molecular weight is 353 g/mol. The molecule has 4 nitrogen and oxygen atoms in total. The van der Waals surface area contributed by atoms with Gasteiger partial charge in [0.2, 0.25) is 11.8 Å². The molecule has 1 heterocycles. The molecule has 2 aliphatic carbocycles. The number of amides is 2. The normalized spacial score (nSPS) is 29.1. The summed E-state index contributed by atoms with van der Waals surface area (Å²) in [5, 5.41) is 6.13. The number of rotatable bonds is 5. The Morgan fingerprint density at radius 1 is 0.875 bits per heavy atom. The Morgan fingerprint density at radius 3 is 1.83 bits per heavy atom. The summed E-state index contributed by atoms with van der Waals surface area (Å²) in [5.74, 6) is 1.50. The first-order valence-electron chi connectivity index (χ1n) is 9.87. The Balaban J connectivity index is 1.76. The van der Waals surface area contributed by atoms with E-state index in [0.29, 0.717) is 17.6 Å². The molecule has 0 spiro atoms. The van der Waals surface area contributed by atoms with E-state index in [2.05, 4.69) is 23.3 Å². The number of carbonyl (C=O) groups excluding carboxylic acids is 2. The van der Waals surface area contributed by atoms with Crippen molar-refractivity contribution in [1.82, 2.24) is 10.6 Å². The van der Waals surface area contributed by atoms with Gasteiger partial charge in [0.05, 0.1) is 0 Å². The minimum Gasteiger partial charge on any atom is -0.341 e. The highest BCUT2D eigenvalue weighted by Crippen LogP contribution is 2.38. The van der Waals surface area contributed by atoms with E-state index in [9.17, 15) is 9.59 Å². The maximum Gasteiger partial charge on any atom is 0.246 e. The van der Waals surface area contributed by atoms with E-state index >= 15 is 0 Å². The molecule has 3 fully saturated rings. The Hall–Kier alpha value is -0.710.